The molecule has 0 spiro atoms. The molecule has 1 saturated heterocycles. The molecule has 2 heterocycles. The van der Waals surface area contributed by atoms with Crippen molar-refractivity contribution in [2.75, 3.05) is 26.8 Å². The minimum atomic E-state index is -0.120. The fraction of sp³-hybridized carbons (Fsp3) is 0.688. The van der Waals surface area contributed by atoms with E-state index in [-0.39, 0.29) is 24.5 Å². The van der Waals surface area contributed by atoms with Gasteiger partial charge in [-0.05, 0) is 32.6 Å². The Bertz CT molecular complexity index is 529. The van der Waals surface area contributed by atoms with E-state index in [0.29, 0.717) is 12.2 Å². The summed E-state index contributed by atoms with van der Waals surface area (Å²) in [6.07, 6.45) is 7.22. The van der Waals surface area contributed by atoms with Crippen molar-refractivity contribution in [2.45, 2.75) is 45.2 Å². The molecule has 7 heteroatoms. The molecule has 1 fully saturated rings. The predicted octanol–water partition coefficient (Wildman–Crippen LogP) is 1.05. The first-order chi connectivity index (χ1) is 11.2. The number of piperidine rings is 1. The molecule has 0 unspecified atom stereocenters. The number of likely N-dealkylation sites (tertiary alicyclic amines) is 1. The molecule has 0 bridgehead atoms. The number of aryl methyl sites for hydroxylation is 1. The molecule has 2 rings (SSSR count). The van der Waals surface area contributed by atoms with Crippen molar-refractivity contribution >= 4 is 11.8 Å². The van der Waals surface area contributed by atoms with Crippen LogP contribution in [0.25, 0.3) is 0 Å². The molecule has 1 aromatic heterocycles. The highest BCUT2D eigenvalue weighted by Crippen LogP contribution is 2.21. The number of carbonyl (C=O) groups excluding carboxylic acids is 2. The average molecular weight is 322 g/mol. The van der Waals surface area contributed by atoms with Gasteiger partial charge < -0.3 is 19.5 Å². The third kappa shape index (κ3) is 4.54. The number of rotatable bonds is 7. The summed E-state index contributed by atoms with van der Waals surface area (Å²) in [7, 11) is 1.50. The van der Waals surface area contributed by atoms with E-state index in [2.05, 4.69) is 10.3 Å². The lowest BCUT2D eigenvalue weighted by atomic mass is 9.99. The van der Waals surface area contributed by atoms with Crippen LogP contribution in [0.15, 0.2) is 12.5 Å². The number of hydrogen-bond donors (Lipinski definition) is 1. The van der Waals surface area contributed by atoms with Crippen molar-refractivity contribution in [1.82, 2.24) is 19.8 Å². The predicted molar refractivity (Wildman–Crippen MR) is 86.1 cm³/mol. The zero-order chi connectivity index (χ0) is 16.7. The van der Waals surface area contributed by atoms with E-state index in [1.807, 2.05) is 16.4 Å². The zero-order valence-corrected chi connectivity index (χ0v) is 14.0. The fourth-order valence-electron chi connectivity index (χ4n) is 3.03. The van der Waals surface area contributed by atoms with Gasteiger partial charge in [-0.1, -0.05) is 0 Å². The molecule has 2 amide bonds. The van der Waals surface area contributed by atoms with Crippen LogP contribution in [-0.4, -0.2) is 59.1 Å². The van der Waals surface area contributed by atoms with Crippen LogP contribution in [0.3, 0.4) is 0 Å². The Kier molecular flexibility index (Phi) is 6.58. The van der Waals surface area contributed by atoms with Crippen molar-refractivity contribution in [2.24, 2.45) is 0 Å². The van der Waals surface area contributed by atoms with Gasteiger partial charge in [0.05, 0.1) is 12.5 Å². The lowest BCUT2D eigenvalue weighted by Gasteiger charge is -2.36. The second-order valence-corrected chi connectivity index (χ2v) is 5.78. The van der Waals surface area contributed by atoms with Crippen molar-refractivity contribution in [1.29, 1.82) is 0 Å². The van der Waals surface area contributed by atoms with Gasteiger partial charge in [0.2, 0.25) is 5.91 Å². The lowest BCUT2D eigenvalue weighted by Crippen LogP contribution is -2.46. The second kappa shape index (κ2) is 8.67. The van der Waals surface area contributed by atoms with E-state index < -0.39 is 0 Å². The summed E-state index contributed by atoms with van der Waals surface area (Å²) >= 11 is 0. The van der Waals surface area contributed by atoms with Gasteiger partial charge in [0, 0.05) is 32.8 Å². The lowest BCUT2D eigenvalue weighted by molar-refractivity contribution is -0.124. The number of aromatic nitrogens is 2. The molecule has 128 valence electrons. The Balaban J connectivity index is 1.95. The van der Waals surface area contributed by atoms with Gasteiger partial charge in [-0.2, -0.15) is 0 Å². The smallest absolute Gasteiger partial charge is 0.272 e. The molecule has 0 saturated carbocycles. The molecular formula is C16H26N4O3. The minimum absolute atomic E-state index is 0.0391. The first-order valence-corrected chi connectivity index (χ1v) is 8.24. The number of nitrogens with zero attached hydrogens (tertiary/aromatic N) is 3. The first kappa shape index (κ1) is 17.5. The van der Waals surface area contributed by atoms with E-state index in [9.17, 15) is 9.59 Å². The monoisotopic (exact) mass is 322 g/mol. The number of carbonyl (C=O) groups is 2. The number of amides is 2. The summed E-state index contributed by atoms with van der Waals surface area (Å²) in [4.78, 5) is 30.3. The van der Waals surface area contributed by atoms with Gasteiger partial charge in [0.1, 0.15) is 12.3 Å². The van der Waals surface area contributed by atoms with E-state index in [1.165, 1.54) is 7.11 Å². The highest BCUT2D eigenvalue weighted by Gasteiger charge is 2.28. The quantitative estimate of drug-likeness (QED) is 0.814. The Morgan fingerprint density at radius 3 is 3.00 bits per heavy atom. The van der Waals surface area contributed by atoms with E-state index >= 15 is 0 Å². The summed E-state index contributed by atoms with van der Waals surface area (Å²) in [6.45, 7) is 4.13. The summed E-state index contributed by atoms with van der Waals surface area (Å²) in [6, 6.07) is 0.166. The highest BCUT2D eigenvalue weighted by molar-refractivity contribution is 5.92. The third-order valence-corrected chi connectivity index (χ3v) is 4.24. The largest absolute Gasteiger partial charge is 0.375 e. The summed E-state index contributed by atoms with van der Waals surface area (Å²) < 4.78 is 6.66. The van der Waals surface area contributed by atoms with Crippen LogP contribution in [0.1, 0.15) is 43.1 Å². The van der Waals surface area contributed by atoms with Crippen molar-refractivity contribution < 1.29 is 14.3 Å². The number of nitrogens with one attached hydrogen (secondary N) is 1. The van der Waals surface area contributed by atoms with Gasteiger partial charge in [-0.25, -0.2) is 4.98 Å². The van der Waals surface area contributed by atoms with Gasteiger partial charge in [-0.15, -0.1) is 0 Å². The fourth-order valence-corrected chi connectivity index (χ4v) is 3.03. The number of ether oxygens (including phenoxy) is 1. The Morgan fingerprint density at radius 2 is 2.26 bits per heavy atom. The maximum Gasteiger partial charge on any atom is 0.272 e. The van der Waals surface area contributed by atoms with Gasteiger partial charge in [-0.3, -0.25) is 9.59 Å². The number of imidazole rings is 1. The summed E-state index contributed by atoms with van der Waals surface area (Å²) in [5.41, 5.74) is 0.641. The molecule has 0 aromatic carbocycles. The molecule has 7 nitrogen and oxygen atoms in total. The normalized spacial score (nSPS) is 18.0. The molecule has 23 heavy (non-hydrogen) atoms. The number of methoxy groups -OCH3 is 1. The van der Waals surface area contributed by atoms with Crippen LogP contribution < -0.4 is 5.32 Å². The van der Waals surface area contributed by atoms with Gasteiger partial charge in [0.25, 0.3) is 5.91 Å². The van der Waals surface area contributed by atoms with Crippen LogP contribution in [0.2, 0.25) is 0 Å². The summed E-state index contributed by atoms with van der Waals surface area (Å²) in [5.74, 6) is -0.0810. The van der Waals surface area contributed by atoms with E-state index in [1.54, 1.807) is 12.5 Å². The molecule has 1 aromatic rings. The Hall–Kier alpha value is -1.89. The Labute approximate surface area is 137 Å². The molecule has 0 aliphatic carbocycles. The van der Waals surface area contributed by atoms with Crippen LogP contribution in [-0.2, 0) is 16.1 Å². The van der Waals surface area contributed by atoms with Crippen LogP contribution >= 0.6 is 0 Å². The van der Waals surface area contributed by atoms with E-state index in [0.717, 1.165) is 38.8 Å². The Morgan fingerprint density at radius 1 is 1.43 bits per heavy atom. The molecule has 1 aliphatic rings. The third-order valence-electron chi connectivity index (χ3n) is 4.24. The SMILES string of the molecule is CCn1cncc1C(=O)N1CCCC[C@@H]1CCNC(=O)COC. The van der Waals surface area contributed by atoms with Crippen LogP contribution in [0, 0.1) is 0 Å². The van der Waals surface area contributed by atoms with Gasteiger partial charge in [0.15, 0.2) is 0 Å². The van der Waals surface area contributed by atoms with E-state index in [4.69, 9.17) is 4.74 Å². The maximum atomic E-state index is 12.8. The van der Waals surface area contributed by atoms with Gasteiger partial charge >= 0.3 is 0 Å². The number of hydrogen-bond acceptors (Lipinski definition) is 4. The topological polar surface area (TPSA) is 76.5 Å². The van der Waals surface area contributed by atoms with Crippen molar-refractivity contribution in [3.63, 3.8) is 0 Å². The van der Waals surface area contributed by atoms with Crippen molar-refractivity contribution in [3.05, 3.63) is 18.2 Å². The standard InChI is InChI=1S/C16H26N4O3/c1-3-19-12-17-10-14(19)16(22)20-9-5-4-6-13(20)7-8-18-15(21)11-23-2/h10,12-13H,3-9,11H2,1-2H3,(H,18,21)/t13-/m1/s1. The maximum absolute atomic E-state index is 12.8. The van der Waals surface area contributed by atoms with Crippen molar-refractivity contribution in [3.8, 4) is 0 Å². The molecule has 1 atom stereocenters. The molecule has 1 aliphatic heterocycles. The zero-order valence-electron chi connectivity index (χ0n) is 14.0. The minimum Gasteiger partial charge on any atom is -0.375 e. The van der Waals surface area contributed by atoms with Crippen LogP contribution in [0.5, 0.6) is 0 Å². The second-order valence-electron chi connectivity index (χ2n) is 5.78. The highest BCUT2D eigenvalue weighted by atomic mass is 16.5. The first-order valence-electron chi connectivity index (χ1n) is 8.24. The average Bonchev–Trinajstić information content (AvgIpc) is 3.03. The molecule has 0 radical (unpaired) electrons. The summed E-state index contributed by atoms with van der Waals surface area (Å²) in [5, 5.41) is 2.83. The molecular weight excluding hydrogens is 296 g/mol. The molecule has 1 N–H and O–H groups in total. The van der Waals surface area contributed by atoms with Crippen LogP contribution in [0.4, 0.5) is 0 Å².